The first-order chi connectivity index (χ1) is 7.36. The van der Waals surface area contributed by atoms with Crippen molar-refractivity contribution in [2.75, 3.05) is 6.61 Å². The van der Waals surface area contributed by atoms with Gasteiger partial charge in [-0.3, -0.25) is 0 Å². The topological polar surface area (TPSA) is 9.23 Å². The Morgan fingerprint density at radius 2 is 2.07 bits per heavy atom. The van der Waals surface area contributed by atoms with E-state index < -0.39 is 0 Å². The molecule has 1 aromatic rings. The summed E-state index contributed by atoms with van der Waals surface area (Å²) in [6, 6.07) is 10.5. The molecule has 1 atom stereocenters. The molecule has 1 unspecified atom stereocenters. The molecular formula is C13H16OS. The maximum atomic E-state index is 5.65. The van der Waals surface area contributed by atoms with Crippen molar-refractivity contribution in [1.82, 2.24) is 0 Å². The van der Waals surface area contributed by atoms with Crippen molar-refractivity contribution in [3.8, 4) is 0 Å². The Morgan fingerprint density at radius 3 is 2.73 bits per heavy atom. The van der Waals surface area contributed by atoms with Crippen LogP contribution in [0.25, 0.3) is 0 Å². The molecule has 1 nitrogen and oxygen atoms in total. The fourth-order valence-electron chi connectivity index (χ4n) is 1.62. The number of rotatable bonds is 3. The van der Waals surface area contributed by atoms with Crippen molar-refractivity contribution in [2.45, 2.75) is 29.9 Å². The Labute approximate surface area is 95.5 Å². The molecule has 2 rings (SSSR count). The lowest BCUT2D eigenvalue weighted by Crippen LogP contribution is -2.10. The van der Waals surface area contributed by atoms with Crippen LogP contribution in [0, 0.1) is 0 Å². The van der Waals surface area contributed by atoms with Gasteiger partial charge in [-0.2, -0.15) is 0 Å². The lowest BCUT2D eigenvalue weighted by molar-refractivity contribution is 0.188. The molecule has 0 fully saturated rings. The molecule has 1 aliphatic rings. The molecule has 2 heteroatoms. The minimum absolute atomic E-state index is 0.424. The van der Waals surface area contributed by atoms with Gasteiger partial charge in [-0.25, -0.2) is 0 Å². The molecule has 0 aliphatic carbocycles. The second-order valence-corrected chi connectivity index (χ2v) is 5.08. The highest BCUT2D eigenvalue weighted by Gasteiger charge is 2.13. The third kappa shape index (κ3) is 3.03. The van der Waals surface area contributed by atoms with Crippen LogP contribution in [0.3, 0.4) is 0 Å². The zero-order valence-electron chi connectivity index (χ0n) is 8.98. The Morgan fingerprint density at radius 1 is 1.27 bits per heavy atom. The number of thioether (sulfide) groups is 1. The standard InChI is InChI=1S/C13H16OS/c1-11(13-9-5-6-10-14-13)15-12-7-3-2-4-8-12/h2-4,7-9,11H,5-6,10H2,1H3. The summed E-state index contributed by atoms with van der Waals surface area (Å²) in [5, 5.41) is 0.424. The van der Waals surface area contributed by atoms with Crippen LogP contribution < -0.4 is 0 Å². The van der Waals surface area contributed by atoms with Crippen LogP contribution in [0.15, 0.2) is 47.1 Å². The summed E-state index contributed by atoms with van der Waals surface area (Å²) >= 11 is 1.86. The first kappa shape index (κ1) is 10.6. The van der Waals surface area contributed by atoms with Crippen molar-refractivity contribution < 1.29 is 4.74 Å². The van der Waals surface area contributed by atoms with E-state index in [4.69, 9.17) is 4.74 Å². The molecule has 0 bridgehead atoms. The third-order valence-electron chi connectivity index (χ3n) is 2.42. The molecule has 0 saturated heterocycles. The molecule has 1 aliphatic heterocycles. The summed E-state index contributed by atoms with van der Waals surface area (Å²) in [7, 11) is 0. The van der Waals surface area contributed by atoms with Crippen molar-refractivity contribution in [2.24, 2.45) is 0 Å². The molecule has 0 spiro atoms. The summed E-state index contributed by atoms with van der Waals surface area (Å²) in [5.41, 5.74) is 0. The Bertz CT molecular complexity index is 332. The van der Waals surface area contributed by atoms with E-state index in [9.17, 15) is 0 Å². The van der Waals surface area contributed by atoms with Gasteiger partial charge in [0.1, 0.15) is 5.76 Å². The van der Waals surface area contributed by atoms with E-state index in [1.807, 2.05) is 17.8 Å². The van der Waals surface area contributed by atoms with Gasteiger partial charge in [-0.15, -0.1) is 11.8 Å². The number of benzene rings is 1. The fraction of sp³-hybridized carbons (Fsp3) is 0.385. The maximum Gasteiger partial charge on any atom is 0.105 e. The van der Waals surface area contributed by atoms with Crippen LogP contribution in [0.2, 0.25) is 0 Å². The first-order valence-electron chi connectivity index (χ1n) is 5.41. The minimum atomic E-state index is 0.424. The zero-order valence-corrected chi connectivity index (χ0v) is 9.80. The smallest absolute Gasteiger partial charge is 0.105 e. The van der Waals surface area contributed by atoms with E-state index >= 15 is 0 Å². The lowest BCUT2D eigenvalue weighted by Gasteiger charge is -2.20. The number of allylic oxidation sites excluding steroid dienone is 1. The minimum Gasteiger partial charge on any atom is -0.497 e. The summed E-state index contributed by atoms with van der Waals surface area (Å²) in [6.07, 6.45) is 4.55. The molecule has 0 amide bonds. The van der Waals surface area contributed by atoms with Crippen LogP contribution >= 0.6 is 11.8 Å². The average molecular weight is 220 g/mol. The number of hydrogen-bond acceptors (Lipinski definition) is 2. The van der Waals surface area contributed by atoms with Crippen molar-refractivity contribution in [3.05, 3.63) is 42.2 Å². The Hall–Kier alpha value is -0.890. The third-order valence-corrected chi connectivity index (χ3v) is 3.55. The van der Waals surface area contributed by atoms with Gasteiger partial charge in [0.15, 0.2) is 0 Å². The number of ether oxygens (including phenoxy) is 1. The van der Waals surface area contributed by atoms with E-state index in [0.717, 1.165) is 25.2 Å². The maximum absolute atomic E-state index is 5.65. The quantitative estimate of drug-likeness (QED) is 0.715. The highest BCUT2D eigenvalue weighted by molar-refractivity contribution is 8.00. The Kier molecular flexibility index (Phi) is 3.73. The Balaban J connectivity index is 1.97. The fourth-order valence-corrected chi connectivity index (χ4v) is 2.62. The van der Waals surface area contributed by atoms with E-state index in [0.29, 0.717) is 5.25 Å². The second kappa shape index (κ2) is 5.26. The predicted molar refractivity (Wildman–Crippen MR) is 65.0 cm³/mol. The molecule has 15 heavy (non-hydrogen) atoms. The van der Waals surface area contributed by atoms with Crippen LogP contribution in [0.5, 0.6) is 0 Å². The zero-order chi connectivity index (χ0) is 10.5. The molecule has 1 aromatic carbocycles. The molecule has 0 N–H and O–H groups in total. The monoisotopic (exact) mass is 220 g/mol. The van der Waals surface area contributed by atoms with Crippen LogP contribution in [0.1, 0.15) is 19.8 Å². The number of hydrogen-bond donors (Lipinski definition) is 0. The second-order valence-electron chi connectivity index (χ2n) is 3.67. The largest absolute Gasteiger partial charge is 0.497 e. The van der Waals surface area contributed by atoms with Gasteiger partial charge in [0.2, 0.25) is 0 Å². The predicted octanol–water partition coefficient (Wildman–Crippen LogP) is 3.86. The van der Waals surface area contributed by atoms with Gasteiger partial charge in [0, 0.05) is 4.90 Å². The van der Waals surface area contributed by atoms with Crippen molar-refractivity contribution in [1.29, 1.82) is 0 Å². The summed E-state index contributed by atoms with van der Waals surface area (Å²) < 4.78 is 5.65. The molecule has 80 valence electrons. The lowest BCUT2D eigenvalue weighted by atomic mass is 10.2. The summed E-state index contributed by atoms with van der Waals surface area (Å²) in [5.74, 6) is 1.15. The van der Waals surface area contributed by atoms with E-state index in [-0.39, 0.29) is 0 Å². The summed E-state index contributed by atoms with van der Waals surface area (Å²) in [6.45, 7) is 3.08. The molecule has 0 saturated carbocycles. The van der Waals surface area contributed by atoms with Crippen LogP contribution in [-0.4, -0.2) is 11.9 Å². The molecular weight excluding hydrogens is 204 g/mol. The van der Waals surface area contributed by atoms with Crippen LogP contribution in [-0.2, 0) is 4.74 Å². The van der Waals surface area contributed by atoms with E-state index in [2.05, 4.69) is 37.3 Å². The first-order valence-corrected chi connectivity index (χ1v) is 6.29. The van der Waals surface area contributed by atoms with Gasteiger partial charge < -0.3 is 4.74 Å². The van der Waals surface area contributed by atoms with Crippen LogP contribution in [0.4, 0.5) is 0 Å². The van der Waals surface area contributed by atoms with Gasteiger partial charge in [0.05, 0.1) is 11.9 Å². The van der Waals surface area contributed by atoms with Gasteiger partial charge in [0.25, 0.3) is 0 Å². The molecule has 0 aromatic heterocycles. The van der Waals surface area contributed by atoms with Crippen molar-refractivity contribution >= 4 is 11.8 Å². The normalized spacial score (nSPS) is 17.8. The average Bonchev–Trinajstić information content (AvgIpc) is 2.31. The SMILES string of the molecule is CC(Sc1ccccc1)C1=CCCCO1. The van der Waals surface area contributed by atoms with Gasteiger partial charge in [-0.05, 0) is 38.0 Å². The van der Waals surface area contributed by atoms with Gasteiger partial charge >= 0.3 is 0 Å². The highest BCUT2D eigenvalue weighted by Crippen LogP contribution is 2.29. The van der Waals surface area contributed by atoms with E-state index in [1.165, 1.54) is 4.90 Å². The van der Waals surface area contributed by atoms with Gasteiger partial charge in [-0.1, -0.05) is 18.2 Å². The highest BCUT2D eigenvalue weighted by atomic mass is 32.2. The summed E-state index contributed by atoms with van der Waals surface area (Å²) in [4.78, 5) is 1.31. The molecule has 0 radical (unpaired) electrons. The van der Waals surface area contributed by atoms with E-state index in [1.54, 1.807) is 0 Å². The van der Waals surface area contributed by atoms with Crippen molar-refractivity contribution in [3.63, 3.8) is 0 Å². The molecule has 1 heterocycles.